The first-order valence-electron chi connectivity index (χ1n) is 15.3. The fourth-order valence-corrected chi connectivity index (χ4v) is 4.87. The first-order valence-corrected chi connectivity index (χ1v) is 15.3. The summed E-state index contributed by atoms with van der Waals surface area (Å²) in [7, 11) is 1.59. The molecule has 1 aromatic heterocycles. The normalized spacial score (nSPS) is 14.3. The van der Waals surface area contributed by atoms with Crippen molar-refractivity contribution in [2.45, 2.75) is 39.1 Å². The van der Waals surface area contributed by atoms with Crippen molar-refractivity contribution in [3.63, 3.8) is 0 Å². The molecule has 0 spiro atoms. The molecule has 48 heavy (non-hydrogen) atoms. The third-order valence-electron chi connectivity index (χ3n) is 7.31. The van der Waals surface area contributed by atoms with Crippen molar-refractivity contribution in [1.29, 1.82) is 0 Å². The minimum Gasteiger partial charge on any atom is -0.478 e. The molecule has 1 fully saturated rings. The molecule has 0 bridgehead atoms. The summed E-state index contributed by atoms with van der Waals surface area (Å²) < 4.78 is 59.1. The molecule has 0 saturated carbocycles. The lowest BCUT2D eigenvalue weighted by atomic mass is 9.98. The van der Waals surface area contributed by atoms with Gasteiger partial charge in [0.15, 0.2) is 0 Å². The van der Waals surface area contributed by atoms with Crippen molar-refractivity contribution in [2.75, 3.05) is 51.3 Å². The van der Waals surface area contributed by atoms with Gasteiger partial charge in [-0.3, -0.25) is 4.79 Å². The summed E-state index contributed by atoms with van der Waals surface area (Å²) in [5.74, 6) is -3.65. The molecule has 2 heterocycles. The maximum Gasteiger partial charge on any atom is 0.490 e. The van der Waals surface area contributed by atoms with E-state index >= 15 is 4.39 Å². The van der Waals surface area contributed by atoms with Gasteiger partial charge in [0.25, 0.3) is 5.91 Å². The summed E-state index contributed by atoms with van der Waals surface area (Å²) in [6.07, 6.45) is -3.17. The highest BCUT2D eigenvalue weighted by Gasteiger charge is 2.38. The Morgan fingerprint density at radius 3 is 2.44 bits per heavy atom. The number of likely N-dealkylation sites (N-methyl/N-ethyl adjacent to an activating group) is 1. The number of hydrogen-bond donors (Lipinski definition) is 3. The summed E-state index contributed by atoms with van der Waals surface area (Å²) in [5, 5.41) is 13.3. The zero-order valence-corrected chi connectivity index (χ0v) is 26.8. The molecular weight excluding hydrogens is 638 g/mol. The van der Waals surface area contributed by atoms with E-state index in [0.29, 0.717) is 30.3 Å². The number of nitrogens with zero attached hydrogens (tertiary/aromatic N) is 3. The Balaban J connectivity index is 0.000000804. The van der Waals surface area contributed by atoms with Crippen LogP contribution in [0.15, 0.2) is 60.8 Å². The highest BCUT2D eigenvalue weighted by atomic mass is 19.4. The predicted molar refractivity (Wildman–Crippen MR) is 170 cm³/mol. The molecule has 260 valence electrons. The molecule has 2 aromatic carbocycles. The number of anilines is 1. The Bertz CT molecular complexity index is 1530. The molecule has 0 unspecified atom stereocenters. The molecule has 0 aliphatic carbocycles. The van der Waals surface area contributed by atoms with E-state index in [9.17, 15) is 22.8 Å². The van der Waals surface area contributed by atoms with E-state index in [1.807, 2.05) is 37.3 Å². The molecule has 1 aliphatic rings. The summed E-state index contributed by atoms with van der Waals surface area (Å²) in [5.41, 5.74) is 2.09. The number of alkyl halides is 3. The van der Waals surface area contributed by atoms with Gasteiger partial charge in [0.1, 0.15) is 12.4 Å². The standard InChI is InChI=1S/C31H38FN5O4.C2HF3O2/c1-4-23-20-33-16-19-37(23)26-14-13-24(25-12-9-15-35-30(25)40-5-2)28(32)27(26)29(38)34-17-18-36(3)31(39)41-21-22-10-7-6-8-11-22;3-2(4,5)1(6)7/h6-15,23,33H,4-5,16-21H2,1-3H3,(H,34,38);(H,6,7)/t23-;/m1./s1. The number of aromatic nitrogens is 1. The Kier molecular flexibility index (Phi) is 14.0. The van der Waals surface area contributed by atoms with Crippen LogP contribution in [0.4, 0.5) is 28.0 Å². The Morgan fingerprint density at radius 1 is 1.08 bits per heavy atom. The minimum atomic E-state index is -5.08. The van der Waals surface area contributed by atoms with Crippen molar-refractivity contribution in [3.05, 3.63) is 77.7 Å². The van der Waals surface area contributed by atoms with Gasteiger partial charge in [0, 0.05) is 63.1 Å². The van der Waals surface area contributed by atoms with Crippen LogP contribution >= 0.6 is 0 Å². The van der Waals surface area contributed by atoms with Crippen LogP contribution < -0.4 is 20.3 Å². The van der Waals surface area contributed by atoms with Gasteiger partial charge in [-0.2, -0.15) is 13.2 Å². The van der Waals surface area contributed by atoms with Crippen molar-refractivity contribution in [2.24, 2.45) is 0 Å². The van der Waals surface area contributed by atoms with E-state index in [2.05, 4.69) is 27.4 Å². The maximum absolute atomic E-state index is 16.4. The largest absolute Gasteiger partial charge is 0.490 e. The number of benzene rings is 2. The first kappa shape index (κ1) is 37.5. The summed E-state index contributed by atoms with van der Waals surface area (Å²) in [4.78, 5) is 42.7. The van der Waals surface area contributed by atoms with Gasteiger partial charge < -0.3 is 35.0 Å². The summed E-state index contributed by atoms with van der Waals surface area (Å²) in [6, 6.07) is 16.4. The third kappa shape index (κ3) is 10.3. The molecule has 0 radical (unpaired) electrons. The number of rotatable bonds is 11. The van der Waals surface area contributed by atoms with Crippen LogP contribution in [-0.4, -0.2) is 91.6 Å². The van der Waals surface area contributed by atoms with Gasteiger partial charge in [-0.25, -0.2) is 19.0 Å². The van der Waals surface area contributed by atoms with E-state index in [0.717, 1.165) is 25.1 Å². The number of carbonyl (C=O) groups excluding carboxylic acids is 2. The SMILES string of the molecule is CCOc1ncccc1-c1ccc(N2CCNC[C@H]2CC)c(C(=O)NCCN(C)C(=O)OCc2ccccc2)c1F.O=C(O)C(F)(F)F. The van der Waals surface area contributed by atoms with Gasteiger partial charge in [-0.1, -0.05) is 37.3 Å². The number of carboxylic acid groups (broad SMARTS) is 1. The van der Waals surface area contributed by atoms with Gasteiger partial charge in [-0.15, -0.1) is 0 Å². The van der Waals surface area contributed by atoms with Gasteiger partial charge in [0.2, 0.25) is 5.88 Å². The molecule has 1 saturated heterocycles. The van der Waals surface area contributed by atoms with E-state index in [4.69, 9.17) is 19.4 Å². The molecule has 1 atom stereocenters. The fraction of sp³-hybridized carbons (Fsp3) is 0.394. The topological polar surface area (TPSA) is 133 Å². The summed E-state index contributed by atoms with van der Waals surface area (Å²) >= 11 is 0. The van der Waals surface area contributed by atoms with E-state index in [1.54, 1.807) is 37.5 Å². The number of halogens is 4. The van der Waals surface area contributed by atoms with Crippen molar-refractivity contribution in [3.8, 4) is 17.0 Å². The second-order valence-corrected chi connectivity index (χ2v) is 10.6. The monoisotopic (exact) mass is 677 g/mol. The molecule has 1 aliphatic heterocycles. The van der Waals surface area contributed by atoms with Gasteiger partial charge in [-0.05, 0) is 43.2 Å². The summed E-state index contributed by atoms with van der Waals surface area (Å²) in [6.45, 7) is 6.86. The average molecular weight is 678 g/mol. The predicted octanol–water partition coefficient (Wildman–Crippen LogP) is 5.11. The Morgan fingerprint density at radius 2 is 1.79 bits per heavy atom. The van der Waals surface area contributed by atoms with Crippen molar-refractivity contribution < 1.29 is 46.5 Å². The van der Waals surface area contributed by atoms with Crippen LogP contribution in [0.5, 0.6) is 5.88 Å². The third-order valence-corrected chi connectivity index (χ3v) is 7.31. The number of aliphatic carboxylic acids is 1. The van der Waals surface area contributed by atoms with Crippen LogP contribution in [0.1, 0.15) is 36.2 Å². The van der Waals surface area contributed by atoms with Gasteiger partial charge in [0.05, 0.1) is 17.9 Å². The van der Waals surface area contributed by atoms with Crippen molar-refractivity contribution in [1.82, 2.24) is 20.5 Å². The lowest BCUT2D eigenvalue weighted by Crippen LogP contribution is -2.51. The Hall–Kier alpha value is -4.92. The zero-order valence-electron chi connectivity index (χ0n) is 26.8. The number of carbonyl (C=O) groups is 3. The molecule has 3 aromatic rings. The van der Waals surface area contributed by atoms with E-state index < -0.39 is 30.0 Å². The highest BCUT2D eigenvalue weighted by molar-refractivity contribution is 6.02. The number of pyridine rings is 1. The van der Waals surface area contributed by atoms with Crippen molar-refractivity contribution >= 4 is 23.7 Å². The van der Waals surface area contributed by atoms with Gasteiger partial charge >= 0.3 is 18.2 Å². The number of nitrogens with one attached hydrogen (secondary N) is 2. The fourth-order valence-electron chi connectivity index (χ4n) is 4.87. The number of carboxylic acids is 1. The van der Waals surface area contributed by atoms with Crippen LogP contribution in [0.25, 0.3) is 11.1 Å². The smallest absolute Gasteiger partial charge is 0.478 e. The quantitative estimate of drug-likeness (QED) is 0.237. The highest BCUT2D eigenvalue weighted by Crippen LogP contribution is 2.36. The van der Waals surface area contributed by atoms with E-state index in [1.165, 1.54) is 4.90 Å². The number of piperazine rings is 1. The second kappa shape index (κ2) is 17.8. The van der Waals surface area contributed by atoms with E-state index in [-0.39, 0.29) is 36.9 Å². The number of amides is 2. The van der Waals surface area contributed by atoms with Crippen LogP contribution in [-0.2, 0) is 16.1 Å². The van der Waals surface area contributed by atoms with Crippen LogP contribution in [0.2, 0.25) is 0 Å². The molecule has 15 heteroatoms. The average Bonchev–Trinajstić information content (AvgIpc) is 3.07. The van der Waals surface area contributed by atoms with Crippen LogP contribution in [0.3, 0.4) is 0 Å². The maximum atomic E-state index is 16.4. The van der Waals surface area contributed by atoms with Crippen LogP contribution in [0, 0.1) is 5.82 Å². The number of ether oxygens (including phenoxy) is 2. The minimum absolute atomic E-state index is 0.0385. The second-order valence-electron chi connectivity index (χ2n) is 10.6. The first-order chi connectivity index (χ1) is 22.9. The number of hydrogen-bond acceptors (Lipinski definition) is 8. The Labute approximate surface area is 275 Å². The molecular formula is C33H39F4N5O6. The molecule has 4 rings (SSSR count). The molecule has 3 N–H and O–H groups in total. The molecule has 11 nitrogen and oxygen atoms in total. The zero-order chi connectivity index (χ0) is 35.3. The molecule has 2 amide bonds. The lowest BCUT2D eigenvalue weighted by molar-refractivity contribution is -0.192. The lowest BCUT2D eigenvalue weighted by Gasteiger charge is -2.38.